The summed E-state index contributed by atoms with van der Waals surface area (Å²) in [5.41, 5.74) is 4.35. The van der Waals surface area contributed by atoms with Crippen molar-refractivity contribution in [2.45, 2.75) is 42.9 Å². The summed E-state index contributed by atoms with van der Waals surface area (Å²) in [6.45, 7) is 5.49. The molecule has 1 aliphatic rings. The summed E-state index contributed by atoms with van der Waals surface area (Å²) in [5.74, 6) is 0. The molecule has 3 rings (SSSR count). The van der Waals surface area contributed by atoms with Crippen LogP contribution < -0.4 is 5.32 Å². The largest absolute Gasteiger partial charge is 0.309 e. The number of hydrogen-bond acceptors (Lipinski definition) is 2. The monoisotopic (exact) mass is 297 g/mol. The third-order valence-corrected chi connectivity index (χ3v) is 5.34. The molecule has 0 bridgehead atoms. The fourth-order valence-corrected chi connectivity index (χ4v) is 4.48. The van der Waals surface area contributed by atoms with Gasteiger partial charge in [-0.3, -0.25) is 0 Å². The summed E-state index contributed by atoms with van der Waals surface area (Å²) in [7, 11) is 0. The first-order valence-electron chi connectivity index (χ1n) is 7.82. The van der Waals surface area contributed by atoms with Crippen molar-refractivity contribution in [1.82, 2.24) is 5.32 Å². The van der Waals surface area contributed by atoms with Crippen LogP contribution in [0.1, 0.15) is 36.1 Å². The summed E-state index contributed by atoms with van der Waals surface area (Å²) >= 11 is 2.02. The van der Waals surface area contributed by atoms with Crippen molar-refractivity contribution in [3.63, 3.8) is 0 Å². The highest BCUT2D eigenvalue weighted by Crippen LogP contribution is 2.41. The molecule has 0 saturated heterocycles. The molecule has 0 amide bonds. The van der Waals surface area contributed by atoms with Crippen LogP contribution >= 0.6 is 11.8 Å². The molecule has 2 unspecified atom stereocenters. The Bertz CT molecular complexity index is 608. The smallest absolute Gasteiger partial charge is 0.0450 e. The van der Waals surface area contributed by atoms with Crippen LogP contribution in [0.5, 0.6) is 0 Å². The van der Waals surface area contributed by atoms with E-state index in [1.54, 1.807) is 0 Å². The van der Waals surface area contributed by atoms with E-state index in [0.29, 0.717) is 11.3 Å². The Morgan fingerprint density at radius 1 is 1.14 bits per heavy atom. The molecule has 110 valence electrons. The van der Waals surface area contributed by atoms with Crippen LogP contribution in [0.25, 0.3) is 0 Å². The van der Waals surface area contributed by atoms with Gasteiger partial charge in [-0.1, -0.05) is 48.9 Å². The van der Waals surface area contributed by atoms with Gasteiger partial charge in [0.05, 0.1) is 0 Å². The highest BCUT2D eigenvalue weighted by atomic mass is 32.2. The molecule has 2 heteroatoms. The average Bonchev–Trinajstić information content (AvgIpc) is 2.82. The van der Waals surface area contributed by atoms with Crippen molar-refractivity contribution in [3.8, 4) is 0 Å². The molecule has 2 aromatic rings. The lowest BCUT2D eigenvalue weighted by molar-refractivity contribution is 0.539. The van der Waals surface area contributed by atoms with Gasteiger partial charge in [-0.05, 0) is 49.6 Å². The maximum Gasteiger partial charge on any atom is 0.0450 e. The van der Waals surface area contributed by atoms with Crippen molar-refractivity contribution in [2.24, 2.45) is 0 Å². The number of thioether (sulfide) groups is 1. The molecule has 0 heterocycles. The summed E-state index contributed by atoms with van der Waals surface area (Å²) in [6, 6.07) is 18.2. The SMILES string of the molecule is CCCNC1c2ccccc2CC1Sc1cccc(C)c1. The molecule has 0 aliphatic heterocycles. The summed E-state index contributed by atoms with van der Waals surface area (Å²) in [4.78, 5) is 1.39. The molecular weight excluding hydrogens is 274 g/mol. The lowest BCUT2D eigenvalue weighted by atomic mass is 10.1. The van der Waals surface area contributed by atoms with Crippen LogP contribution in [0.3, 0.4) is 0 Å². The van der Waals surface area contributed by atoms with E-state index in [1.165, 1.54) is 28.0 Å². The zero-order chi connectivity index (χ0) is 14.7. The molecule has 1 N–H and O–H groups in total. The van der Waals surface area contributed by atoms with Crippen molar-refractivity contribution < 1.29 is 0 Å². The van der Waals surface area contributed by atoms with Crippen molar-refractivity contribution in [3.05, 3.63) is 65.2 Å². The Morgan fingerprint density at radius 3 is 2.81 bits per heavy atom. The molecule has 21 heavy (non-hydrogen) atoms. The second-order valence-corrected chi connectivity index (χ2v) is 7.12. The predicted molar refractivity (Wildman–Crippen MR) is 92.0 cm³/mol. The van der Waals surface area contributed by atoms with Crippen molar-refractivity contribution >= 4 is 11.8 Å². The standard InChI is InChI=1S/C19H23NS/c1-3-11-20-19-17-10-5-4-8-15(17)13-18(19)21-16-9-6-7-14(2)12-16/h4-10,12,18-20H,3,11,13H2,1-2H3. The van der Waals surface area contributed by atoms with Crippen molar-refractivity contribution in [1.29, 1.82) is 0 Å². The number of nitrogens with one attached hydrogen (secondary N) is 1. The quantitative estimate of drug-likeness (QED) is 0.854. The Hall–Kier alpha value is -1.25. The van der Waals surface area contributed by atoms with E-state index in [-0.39, 0.29) is 0 Å². The third kappa shape index (κ3) is 3.33. The number of fused-ring (bicyclic) bond motifs is 1. The average molecular weight is 297 g/mol. The Kier molecular flexibility index (Phi) is 4.67. The number of aryl methyl sites for hydroxylation is 1. The van der Waals surface area contributed by atoms with Crippen LogP contribution in [0, 0.1) is 6.92 Å². The van der Waals surface area contributed by atoms with Gasteiger partial charge < -0.3 is 5.32 Å². The molecule has 0 aromatic heterocycles. The van der Waals surface area contributed by atoms with Crippen LogP contribution in [0.4, 0.5) is 0 Å². The normalized spacial score (nSPS) is 20.5. The first-order valence-corrected chi connectivity index (χ1v) is 8.70. The fraction of sp³-hybridized carbons (Fsp3) is 0.368. The highest BCUT2D eigenvalue weighted by molar-refractivity contribution is 8.00. The maximum atomic E-state index is 3.75. The van der Waals surface area contributed by atoms with E-state index in [0.717, 1.165) is 13.0 Å². The summed E-state index contributed by atoms with van der Waals surface area (Å²) in [6.07, 6.45) is 2.34. The van der Waals surface area contributed by atoms with Gasteiger partial charge in [0.15, 0.2) is 0 Å². The molecule has 2 atom stereocenters. The van der Waals surface area contributed by atoms with Crippen LogP contribution in [-0.2, 0) is 6.42 Å². The Morgan fingerprint density at radius 2 is 2.00 bits per heavy atom. The number of benzene rings is 2. The summed E-state index contributed by atoms with van der Waals surface area (Å²) in [5, 5.41) is 4.34. The van der Waals surface area contributed by atoms with E-state index in [9.17, 15) is 0 Å². The first-order chi connectivity index (χ1) is 10.3. The zero-order valence-electron chi connectivity index (χ0n) is 12.8. The molecule has 0 fully saturated rings. The number of hydrogen-bond donors (Lipinski definition) is 1. The van der Waals surface area contributed by atoms with E-state index in [1.807, 2.05) is 11.8 Å². The molecule has 0 saturated carbocycles. The van der Waals surface area contributed by atoms with E-state index >= 15 is 0 Å². The molecule has 0 spiro atoms. The highest BCUT2D eigenvalue weighted by Gasteiger charge is 2.32. The molecular formula is C19H23NS. The van der Waals surface area contributed by atoms with Gasteiger partial charge in [0.25, 0.3) is 0 Å². The maximum absolute atomic E-state index is 3.75. The number of rotatable bonds is 5. The van der Waals surface area contributed by atoms with Gasteiger partial charge in [-0.25, -0.2) is 0 Å². The van der Waals surface area contributed by atoms with Gasteiger partial charge in [0.2, 0.25) is 0 Å². The van der Waals surface area contributed by atoms with Crippen LogP contribution in [0.2, 0.25) is 0 Å². The minimum Gasteiger partial charge on any atom is -0.309 e. The minimum atomic E-state index is 0.478. The van der Waals surface area contributed by atoms with Gasteiger partial charge in [0, 0.05) is 16.2 Å². The van der Waals surface area contributed by atoms with Gasteiger partial charge in [-0.15, -0.1) is 11.8 Å². The lowest BCUT2D eigenvalue weighted by Crippen LogP contribution is -2.27. The van der Waals surface area contributed by atoms with Gasteiger partial charge in [0.1, 0.15) is 0 Å². The van der Waals surface area contributed by atoms with E-state index < -0.39 is 0 Å². The van der Waals surface area contributed by atoms with Gasteiger partial charge >= 0.3 is 0 Å². The predicted octanol–water partition coefficient (Wildman–Crippen LogP) is 4.75. The summed E-state index contributed by atoms with van der Waals surface area (Å²) < 4.78 is 0. The fourth-order valence-electron chi connectivity index (χ4n) is 3.07. The second kappa shape index (κ2) is 6.67. The van der Waals surface area contributed by atoms with Crippen LogP contribution in [-0.4, -0.2) is 11.8 Å². The Balaban J connectivity index is 1.81. The van der Waals surface area contributed by atoms with Crippen molar-refractivity contribution in [2.75, 3.05) is 6.54 Å². The minimum absolute atomic E-state index is 0.478. The van der Waals surface area contributed by atoms with E-state index in [4.69, 9.17) is 0 Å². The second-order valence-electron chi connectivity index (χ2n) is 5.81. The zero-order valence-corrected chi connectivity index (χ0v) is 13.6. The first kappa shape index (κ1) is 14.7. The molecule has 2 aromatic carbocycles. The molecule has 1 aliphatic carbocycles. The lowest BCUT2D eigenvalue weighted by Gasteiger charge is -2.21. The molecule has 0 radical (unpaired) electrons. The molecule has 1 nitrogen and oxygen atoms in total. The van der Waals surface area contributed by atoms with E-state index in [2.05, 4.69) is 67.7 Å². The third-order valence-electron chi connectivity index (χ3n) is 4.07. The topological polar surface area (TPSA) is 12.0 Å². The van der Waals surface area contributed by atoms with Gasteiger partial charge in [-0.2, -0.15) is 0 Å². The van der Waals surface area contributed by atoms with Crippen LogP contribution in [0.15, 0.2) is 53.4 Å². The Labute approximate surface area is 132 Å².